The van der Waals surface area contributed by atoms with E-state index in [1.54, 1.807) is 0 Å². The highest BCUT2D eigenvalue weighted by Gasteiger charge is 2.18. The van der Waals surface area contributed by atoms with Gasteiger partial charge in [-0.15, -0.1) is 0 Å². The molecular weight excluding hydrogens is 266 g/mol. The number of aromatic nitrogens is 1. The van der Waals surface area contributed by atoms with Gasteiger partial charge in [0.05, 0.1) is 12.6 Å². The molecule has 2 rings (SSSR count). The maximum atomic E-state index is 12.4. The summed E-state index contributed by atoms with van der Waals surface area (Å²) in [5.74, 6) is 0.734. The van der Waals surface area contributed by atoms with Crippen LogP contribution in [-0.2, 0) is 11.2 Å². The Kier molecular flexibility index (Phi) is 5.99. The number of amides is 1. The molecule has 1 aliphatic heterocycles. The molecule has 0 aliphatic carbocycles. The van der Waals surface area contributed by atoms with Crippen LogP contribution in [0.4, 0.5) is 5.82 Å². The summed E-state index contributed by atoms with van der Waals surface area (Å²) in [6.07, 6.45) is 3.88. The molecule has 1 atom stereocenters. The van der Waals surface area contributed by atoms with Gasteiger partial charge >= 0.3 is 0 Å². The van der Waals surface area contributed by atoms with Gasteiger partial charge in [0.1, 0.15) is 5.82 Å². The van der Waals surface area contributed by atoms with Gasteiger partial charge in [-0.05, 0) is 38.3 Å². The second-order valence-electron chi connectivity index (χ2n) is 5.40. The van der Waals surface area contributed by atoms with Crippen molar-refractivity contribution in [1.82, 2.24) is 10.3 Å². The highest BCUT2D eigenvalue weighted by Crippen LogP contribution is 2.13. The van der Waals surface area contributed by atoms with Crippen LogP contribution in [-0.4, -0.2) is 36.7 Å². The van der Waals surface area contributed by atoms with Crippen LogP contribution in [0.25, 0.3) is 0 Å². The normalized spacial score (nSPS) is 18.3. The third-order valence-electron chi connectivity index (χ3n) is 3.50. The van der Waals surface area contributed by atoms with Gasteiger partial charge in [-0.3, -0.25) is 4.79 Å². The van der Waals surface area contributed by atoms with Crippen LogP contribution in [0.15, 0.2) is 12.1 Å². The Bertz CT molecular complexity index is 446. The maximum absolute atomic E-state index is 12.4. The summed E-state index contributed by atoms with van der Waals surface area (Å²) in [7, 11) is 0. The van der Waals surface area contributed by atoms with E-state index in [9.17, 15) is 4.79 Å². The number of nitrogens with zero attached hydrogens (tertiary/aromatic N) is 1. The quantitative estimate of drug-likeness (QED) is 0.844. The van der Waals surface area contributed by atoms with Crippen molar-refractivity contribution >= 4 is 11.7 Å². The van der Waals surface area contributed by atoms with Gasteiger partial charge in [0.2, 0.25) is 0 Å². The molecule has 1 aromatic heterocycles. The molecule has 0 bridgehead atoms. The van der Waals surface area contributed by atoms with Crippen molar-refractivity contribution < 1.29 is 9.53 Å². The highest BCUT2D eigenvalue weighted by atomic mass is 16.5. The molecule has 5 nitrogen and oxygen atoms in total. The van der Waals surface area contributed by atoms with Crippen molar-refractivity contribution in [2.75, 3.05) is 25.1 Å². The van der Waals surface area contributed by atoms with Crippen molar-refractivity contribution in [1.29, 1.82) is 0 Å². The molecular formula is C16H25N3O2. The van der Waals surface area contributed by atoms with Gasteiger partial charge in [-0.25, -0.2) is 4.98 Å². The van der Waals surface area contributed by atoms with Gasteiger partial charge in [0.15, 0.2) is 0 Å². The first-order valence-corrected chi connectivity index (χ1v) is 7.86. The van der Waals surface area contributed by atoms with Crippen molar-refractivity contribution in [3.8, 4) is 0 Å². The van der Waals surface area contributed by atoms with Crippen molar-refractivity contribution in [2.24, 2.45) is 0 Å². The zero-order valence-electron chi connectivity index (χ0n) is 12.9. The van der Waals surface area contributed by atoms with Crippen LogP contribution in [0.5, 0.6) is 0 Å². The van der Waals surface area contributed by atoms with Crippen LogP contribution in [0.3, 0.4) is 0 Å². The van der Waals surface area contributed by atoms with Crippen LogP contribution in [0.2, 0.25) is 0 Å². The van der Waals surface area contributed by atoms with E-state index in [1.807, 2.05) is 19.1 Å². The Balaban J connectivity index is 2.10. The molecule has 1 aromatic rings. The fourth-order valence-electron chi connectivity index (χ4n) is 2.50. The standard InChI is InChI=1S/C16H25N3O2/c1-3-6-13-9-12(10-15(18-13)17-4-2)16(20)19-14-7-5-8-21-11-14/h9-10,14H,3-8,11H2,1-2H3,(H,17,18)(H,19,20). The Morgan fingerprint density at radius 1 is 1.43 bits per heavy atom. The zero-order valence-corrected chi connectivity index (χ0v) is 12.9. The van der Waals surface area contributed by atoms with Gasteiger partial charge < -0.3 is 15.4 Å². The molecule has 5 heteroatoms. The van der Waals surface area contributed by atoms with Crippen LogP contribution < -0.4 is 10.6 Å². The maximum Gasteiger partial charge on any atom is 0.251 e. The van der Waals surface area contributed by atoms with Crippen LogP contribution in [0.1, 0.15) is 49.2 Å². The fourth-order valence-corrected chi connectivity index (χ4v) is 2.50. The second kappa shape index (κ2) is 7.98. The van der Waals surface area contributed by atoms with E-state index in [4.69, 9.17) is 4.74 Å². The lowest BCUT2D eigenvalue weighted by atomic mass is 10.1. The first-order chi connectivity index (χ1) is 10.2. The largest absolute Gasteiger partial charge is 0.379 e. The summed E-state index contributed by atoms with van der Waals surface area (Å²) in [4.78, 5) is 16.9. The predicted molar refractivity (Wildman–Crippen MR) is 83.7 cm³/mol. The average Bonchev–Trinajstić information content (AvgIpc) is 2.49. The smallest absolute Gasteiger partial charge is 0.251 e. The lowest BCUT2D eigenvalue weighted by Crippen LogP contribution is -2.40. The van der Waals surface area contributed by atoms with Crippen molar-refractivity contribution in [3.05, 3.63) is 23.4 Å². The van der Waals surface area contributed by atoms with E-state index in [-0.39, 0.29) is 11.9 Å². The second-order valence-corrected chi connectivity index (χ2v) is 5.40. The lowest BCUT2D eigenvalue weighted by molar-refractivity contribution is 0.0624. The Labute approximate surface area is 126 Å². The van der Waals surface area contributed by atoms with Crippen LogP contribution >= 0.6 is 0 Å². The third-order valence-corrected chi connectivity index (χ3v) is 3.50. The fraction of sp³-hybridized carbons (Fsp3) is 0.625. The molecule has 0 spiro atoms. The van der Waals surface area contributed by atoms with Gasteiger partial charge in [0, 0.05) is 24.4 Å². The van der Waals surface area contributed by atoms with E-state index >= 15 is 0 Å². The first kappa shape index (κ1) is 15.8. The van der Waals surface area contributed by atoms with Crippen molar-refractivity contribution in [2.45, 2.75) is 45.6 Å². The number of rotatable bonds is 6. The predicted octanol–water partition coefficient (Wildman–Crippen LogP) is 2.37. The Morgan fingerprint density at radius 2 is 2.29 bits per heavy atom. The number of hydrogen-bond donors (Lipinski definition) is 2. The lowest BCUT2D eigenvalue weighted by Gasteiger charge is -2.23. The summed E-state index contributed by atoms with van der Waals surface area (Å²) >= 11 is 0. The molecule has 0 saturated carbocycles. The van der Waals surface area contributed by atoms with Gasteiger partial charge in [-0.1, -0.05) is 13.3 Å². The number of ether oxygens (including phenoxy) is 1. The first-order valence-electron chi connectivity index (χ1n) is 7.86. The number of pyridine rings is 1. The average molecular weight is 291 g/mol. The number of anilines is 1. The zero-order chi connectivity index (χ0) is 15.1. The molecule has 1 amide bonds. The van der Waals surface area contributed by atoms with Crippen LogP contribution in [0, 0.1) is 0 Å². The number of carbonyl (C=O) groups excluding carboxylic acids is 1. The molecule has 1 saturated heterocycles. The Morgan fingerprint density at radius 3 is 2.95 bits per heavy atom. The summed E-state index contributed by atoms with van der Waals surface area (Å²) in [5.41, 5.74) is 1.64. The van der Waals surface area contributed by atoms with E-state index < -0.39 is 0 Å². The monoisotopic (exact) mass is 291 g/mol. The molecule has 2 N–H and O–H groups in total. The molecule has 21 heavy (non-hydrogen) atoms. The van der Waals surface area contributed by atoms with Gasteiger partial charge in [-0.2, -0.15) is 0 Å². The molecule has 116 valence electrons. The summed E-state index contributed by atoms with van der Waals surface area (Å²) in [5, 5.41) is 6.24. The van der Waals surface area contributed by atoms with E-state index in [1.165, 1.54) is 0 Å². The minimum absolute atomic E-state index is 0.0376. The topological polar surface area (TPSA) is 63.2 Å². The molecule has 1 unspecified atom stereocenters. The summed E-state index contributed by atoms with van der Waals surface area (Å²) in [6.45, 7) is 6.33. The molecule has 2 heterocycles. The molecule has 1 fully saturated rings. The number of carbonyl (C=O) groups is 1. The van der Waals surface area contributed by atoms with E-state index in [0.29, 0.717) is 12.2 Å². The summed E-state index contributed by atoms with van der Waals surface area (Å²) < 4.78 is 5.40. The SMILES string of the molecule is CCCc1cc(C(=O)NC2CCCOC2)cc(NCC)n1. The molecule has 1 aliphatic rings. The Hall–Kier alpha value is -1.62. The van der Waals surface area contributed by atoms with Gasteiger partial charge in [0.25, 0.3) is 5.91 Å². The van der Waals surface area contributed by atoms with E-state index in [2.05, 4.69) is 22.5 Å². The minimum Gasteiger partial charge on any atom is -0.379 e. The molecule has 0 aromatic carbocycles. The number of nitrogens with one attached hydrogen (secondary N) is 2. The van der Waals surface area contributed by atoms with Crippen molar-refractivity contribution in [3.63, 3.8) is 0 Å². The summed E-state index contributed by atoms with van der Waals surface area (Å²) in [6, 6.07) is 3.84. The minimum atomic E-state index is -0.0376. The number of aryl methyl sites for hydroxylation is 1. The molecule has 0 radical (unpaired) electrons. The van der Waals surface area contributed by atoms with E-state index in [0.717, 1.165) is 50.3 Å². The number of hydrogen-bond acceptors (Lipinski definition) is 4. The highest BCUT2D eigenvalue weighted by molar-refractivity contribution is 5.95. The third kappa shape index (κ3) is 4.70.